The molecule has 0 aliphatic heterocycles. The molecule has 1 aliphatic carbocycles. The lowest BCUT2D eigenvalue weighted by Crippen LogP contribution is -2.47. The van der Waals surface area contributed by atoms with E-state index in [1.54, 1.807) is 37.4 Å². The summed E-state index contributed by atoms with van der Waals surface area (Å²) in [5, 5.41) is 16.2. The van der Waals surface area contributed by atoms with Gasteiger partial charge in [0.2, 0.25) is 11.7 Å². The summed E-state index contributed by atoms with van der Waals surface area (Å²) in [6.07, 6.45) is 6.60. The number of hydrogen-bond acceptors (Lipinski definition) is 7. The molecular weight excluding hydrogens is 532 g/mol. The van der Waals surface area contributed by atoms with E-state index in [2.05, 4.69) is 20.7 Å². The summed E-state index contributed by atoms with van der Waals surface area (Å²) in [7, 11) is 1.59. The van der Waals surface area contributed by atoms with Crippen LogP contribution in [0.4, 0.5) is 0 Å². The van der Waals surface area contributed by atoms with Crippen LogP contribution in [0.1, 0.15) is 49.5 Å². The number of carbonyl (C=O) groups is 2. The Labute approximate surface area is 237 Å². The van der Waals surface area contributed by atoms with Gasteiger partial charge in [-0.3, -0.25) is 9.59 Å². The zero-order valence-corrected chi connectivity index (χ0v) is 23.0. The number of methoxy groups -OCH3 is 1. The van der Waals surface area contributed by atoms with Crippen molar-refractivity contribution in [3.05, 3.63) is 83.3 Å². The minimum absolute atomic E-state index is 0.0556. The third-order valence-corrected chi connectivity index (χ3v) is 7.39. The SMILES string of the molecule is COc1ccc(-c2nnn(CC(=O)N(Cc3ccccc3Cl)[C@H](C(=O)NC3CCCCC3)c3ccco3)n2)cc1. The van der Waals surface area contributed by atoms with E-state index in [1.807, 2.05) is 30.3 Å². The summed E-state index contributed by atoms with van der Waals surface area (Å²) in [6.45, 7) is -0.149. The van der Waals surface area contributed by atoms with Gasteiger partial charge in [0.25, 0.3) is 5.91 Å². The number of halogens is 1. The fraction of sp³-hybridized carbons (Fsp3) is 0.345. The van der Waals surface area contributed by atoms with Crippen molar-refractivity contribution in [2.75, 3.05) is 7.11 Å². The summed E-state index contributed by atoms with van der Waals surface area (Å²) in [6, 6.07) is 16.9. The monoisotopic (exact) mass is 562 g/mol. The van der Waals surface area contributed by atoms with Crippen molar-refractivity contribution in [2.24, 2.45) is 0 Å². The third kappa shape index (κ3) is 6.51. The van der Waals surface area contributed by atoms with E-state index in [4.69, 9.17) is 20.8 Å². The van der Waals surface area contributed by atoms with Crippen molar-refractivity contribution in [3.63, 3.8) is 0 Å². The largest absolute Gasteiger partial charge is 0.497 e. The summed E-state index contributed by atoms with van der Waals surface area (Å²) in [4.78, 5) is 30.4. The molecule has 11 heteroatoms. The molecule has 1 saturated carbocycles. The fourth-order valence-electron chi connectivity index (χ4n) is 4.91. The third-order valence-electron chi connectivity index (χ3n) is 7.02. The molecule has 0 saturated heterocycles. The van der Waals surface area contributed by atoms with Crippen LogP contribution in [-0.2, 0) is 22.7 Å². The maximum Gasteiger partial charge on any atom is 0.250 e. The van der Waals surface area contributed by atoms with E-state index in [9.17, 15) is 9.59 Å². The van der Waals surface area contributed by atoms with Crippen molar-refractivity contribution in [1.29, 1.82) is 0 Å². The number of nitrogens with zero attached hydrogens (tertiary/aromatic N) is 5. The number of hydrogen-bond donors (Lipinski definition) is 1. The molecular formula is C29H31ClN6O4. The molecule has 0 radical (unpaired) electrons. The van der Waals surface area contributed by atoms with Crippen LogP contribution in [0.15, 0.2) is 71.3 Å². The smallest absolute Gasteiger partial charge is 0.250 e. The first-order valence-corrected chi connectivity index (χ1v) is 13.7. The van der Waals surface area contributed by atoms with Gasteiger partial charge < -0.3 is 19.4 Å². The maximum atomic E-state index is 13.9. The van der Waals surface area contributed by atoms with Crippen molar-refractivity contribution in [1.82, 2.24) is 30.4 Å². The molecule has 0 unspecified atom stereocenters. The molecule has 1 aliphatic rings. The Bertz CT molecular complexity index is 1420. The molecule has 40 heavy (non-hydrogen) atoms. The molecule has 1 fully saturated rings. The molecule has 1 atom stereocenters. The highest BCUT2D eigenvalue weighted by atomic mass is 35.5. The lowest BCUT2D eigenvalue weighted by Gasteiger charge is -2.32. The van der Waals surface area contributed by atoms with Gasteiger partial charge in [0.15, 0.2) is 6.04 Å². The van der Waals surface area contributed by atoms with Crippen LogP contribution in [0, 0.1) is 0 Å². The van der Waals surface area contributed by atoms with Gasteiger partial charge in [-0.1, -0.05) is 49.1 Å². The van der Waals surface area contributed by atoms with Gasteiger partial charge in [0.1, 0.15) is 18.1 Å². The van der Waals surface area contributed by atoms with Crippen LogP contribution < -0.4 is 10.1 Å². The van der Waals surface area contributed by atoms with Crippen LogP contribution in [-0.4, -0.2) is 50.1 Å². The van der Waals surface area contributed by atoms with Crippen LogP contribution in [0.25, 0.3) is 11.4 Å². The summed E-state index contributed by atoms with van der Waals surface area (Å²) in [5.41, 5.74) is 1.43. The quantitative estimate of drug-likeness (QED) is 0.295. The first kappa shape index (κ1) is 27.4. The normalized spacial score (nSPS) is 14.4. The van der Waals surface area contributed by atoms with Crippen molar-refractivity contribution in [3.8, 4) is 17.1 Å². The highest BCUT2D eigenvalue weighted by Crippen LogP contribution is 2.28. The van der Waals surface area contributed by atoms with Crippen molar-refractivity contribution < 1.29 is 18.7 Å². The first-order valence-electron chi connectivity index (χ1n) is 13.3. The molecule has 0 bridgehead atoms. The second-order valence-electron chi connectivity index (χ2n) is 9.75. The minimum atomic E-state index is -1.01. The standard InChI is InChI=1S/C29H31ClN6O4/c1-39-23-15-13-20(14-16-23)28-32-34-36(33-28)19-26(37)35(18-21-8-5-6-11-24(21)30)27(25-12-7-17-40-25)29(38)31-22-9-3-2-4-10-22/h5-8,11-17,22,27H,2-4,9-10,18-19H2,1H3,(H,31,38)/t27-/m0/s1. The number of ether oxygens (including phenoxy) is 1. The van der Waals surface area contributed by atoms with Gasteiger partial charge >= 0.3 is 0 Å². The molecule has 2 heterocycles. The summed E-state index contributed by atoms with van der Waals surface area (Å²) in [5.74, 6) is 0.744. The van der Waals surface area contributed by atoms with E-state index in [-0.39, 0.29) is 25.0 Å². The average Bonchev–Trinajstić information content (AvgIpc) is 3.67. The van der Waals surface area contributed by atoms with E-state index >= 15 is 0 Å². The Morgan fingerprint density at radius 2 is 1.88 bits per heavy atom. The average molecular weight is 563 g/mol. The van der Waals surface area contributed by atoms with E-state index in [1.165, 1.54) is 16.0 Å². The number of furan rings is 1. The number of rotatable bonds is 10. The molecule has 0 spiro atoms. The molecule has 2 aromatic carbocycles. The van der Waals surface area contributed by atoms with E-state index < -0.39 is 11.9 Å². The van der Waals surface area contributed by atoms with E-state index in [0.717, 1.165) is 37.7 Å². The van der Waals surface area contributed by atoms with Gasteiger partial charge in [0.05, 0.1) is 13.4 Å². The summed E-state index contributed by atoms with van der Waals surface area (Å²) < 4.78 is 10.9. The van der Waals surface area contributed by atoms with Gasteiger partial charge in [-0.2, -0.15) is 4.80 Å². The zero-order valence-electron chi connectivity index (χ0n) is 22.2. The predicted octanol–water partition coefficient (Wildman–Crippen LogP) is 4.81. The second-order valence-corrected chi connectivity index (χ2v) is 10.2. The zero-order chi connectivity index (χ0) is 27.9. The minimum Gasteiger partial charge on any atom is -0.497 e. The Balaban J connectivity index is 1.43. The topological polar surface area (TPSA) is 115 Å². The van der Waals surface area contributed by atoms with Gasteiger partial charge in [0, 0.05) is 23.2 Å². The summed E-state index contributed by atoms with van der Waals surface area (Å²) >= 11 is 6.48. The molecule has 1 N–H and O–H groups in total. The Hall–Kier alpha value is -4.18. The molecule has 208 valence electrons. The Morgan fingerprint density at radius 1 is 1.10 bits per heavy atom. The number of benzene rings is 2. The maximum absolute atomic E-state index is 13.9. The Kier molecular flexibility index (Phi) is 8.75. The molecule has 10 nitrogen and oxygen atoms in total. The van der Waals surface area contributed by atoms with Crippen molar-refractivity contribution >= 4 is 23.4 Å². The fourth-order valence-corrected chi connectivity index (χ4v) is 5.10. The van der Waals surface area contributed by atoms with Crippen molar-refractivity contribution in [2.45, 2.75) is 57.3 Å². The molecule has 4 aromatic rings. The van der Waals surface area contributed by atoms with Gasteiger partial charge in [-0.25, -0.2) is 0 Å². The highest BCUT2D eigenvalue weighted by Gasteiger charge is 2.35. The number of carbonyl (C=O) groups excluding carboxylic acids is 2. The molecule has 2 aromatic heterocycles. The van der Waals surface area contributed by atoms with Crippen LogP contribution in [0.3, 0.4) is 0 Å². The van der Waals surface area contributed by atoms with Crippen LogP contribution in [0.2, 0.25) is 5.02 Å². The number of tetrazole rings is 1. The molecule has 2 amide bonds. The number of nitrogens with one attached hydrogen (secondary N) is 1. The van der Waals surface area contributed by atoms with Crippen LogP contribution in [0.5, 0.6) is 5.75 Å². The van der Waals surface area contributed by atoms with E-state index in [0.29, 0.717) is 27.9 Å². The van der Waals surface area contributed by atoms with Crippen LogP contribution >= 0.6 is 11.6 Å². The highest BCUT2D eigenvalue weighted by molar-refractivity contribution is 6.31. The predicted molar refractivity (Wildman–Crippen MR) is 148 cm³/mol. The second kappa shape index (κ2) is 12.8. The number of aromatic nitrogens is 4. The first-order chi connectivity index (χ1) is 19.5. The van der Waals surface area contributed by atoms with Gasteiger partial charge in [-0.05, 0) is 66.1 Å². The lowest BCUT2D eigenvalue weighted by atomic mass is 9.95. The number of amides is 2. The lowest BCUT2D eigenvalue weighted by molar-refractivity contribution is -0.143. The molecule has 5 rings (SSSR count). The Morgan fingerprint density at radius 3 is 2.58 bits per heavy atom. The van der Waals surface area contributed by atoms with Gasteiger partial charge in [-0.15, -0.1) is 10.2 Å².